The number of unbranched alkanes of at least 4 members (excludes halogenated alkanes) is 4. The van der Waals surface area contributed by atoms with Gasteiger partial charge in [-0.25, -0.2) is 0 Å². The third-order valence-corrected chi connectivity index (χ3v) is 5.64. The Kier molecular flexibility index (Phi) is 11.8. The zero-order valence-corrected chi connectivity index (χ0v) is 10.7. The fraction of sp³-hybridized carbons (Fsp3) is 1.00. The maximum Gasteiger partial charge on any atom is 0.0222 e. The predicted octanol–water partition coefficient (Wildman–Crippen LogP) is 3.53. The topological polar surface area (TPSA) is 0 Å². The van der Waals surface area contributed by atoms with Crippen LogP contribution in [0.5, 0.6) is 0 Å². The molecule has 0 unspecified atom stereocenters. The van der Waals surface area contributed by atoms with Gasteiger partial charge in [-0.15, -0.1) is 0 Å². The molecule has 2 heteroatoms. The van der Waals surface area contributed by atoms with Gasteiger partial charge in [-0.2, -0.15) is 0 Å². The van der Waals surface area contributed by atoms with Crippen molar-refractivity contribution in [3.8, 4) is 0 Å². The molecule has 0 aromatic heterocycles. The quantitative estimate of drug-likeness (QED) is 0.393. The van der Waals surface area contributed by atoms with E-state index in [1.807, 2.05) is 0 Å². The van der Waals surface area contributed by atoms with Crippen LogP contribution in [0.2, 0.25) is 12.1 Å². The van der Waals surface area contributed by atoms with Crippen molar-refractivity contribution in [2.24, 2.45) is 0 Å². The molecule has 0 amide bonds. The first-order chi connectivity index (χ1) is 5.91. The summed E-state index contributed by atoms with van der Waals surface area (Å²) in [6.45, 7) is 4.57. The SMILES string of the molecule is CCCCC[Si][Si]CCCCC. The van der Waals surface area contributed by atoms with E-state index in [0.717, 1.165) is 0 Å². The molecule has 0 saturated carbocycles. The molecule has 0 aliphatic rings. The second kappa shape index (κ2) is 11.4. The molecule has 0 spiro atoms. The maximum absolute atomic E-state index is 2.28. The Morgan fingerprint density at radius 2 is 1.08 bits per heavy atom. The minimum absolute atomic E-state index is 1.28. The summed E-state index contributed by atoms with van der Waals surface area (Å²) in [4.78, 5) is 0. The highest BCUT2D eigenvalue weighted by Crippen LogP contribution is 2.01. The standard InChI is InChI=1S/C10H22Si2/c1-3-5-7-9-11-12-10-8-6-4-2/h3-10H2,1-2H3. The summed E-state index contributed by atoms with van der Waals surface area (Å²) >= 11 is 0. The minimum Gasteiger partial charge on any atom is -0.0654 e. The van der Waals surface area contributed by atoms with Crippen LogP contribution in [-0.2, 0) is 0 Å². The van der Waals surface area contributed by atoms with Gasteiger partial charge in [-0.1, -0.05) is 64.5 Å². The van der Waals surface area contributed by atoms with E-state index in [9.17, 15) is 0 Å². The molecule has 0 nitrogen and oxygen atoms in total. The van der Waals surface area contributed by atoms with Crippen molar-refractivity contribution in [3.05, 3.63) is 0 Å². The Morgan fingerprint density at radius 1 is 0.667 bits per heavy atom. The van der Waals surface area contributed by atoms with E-state index >= 15 is 0 Å². The molecule has 0 aliphatic heterocycles. The van der Waals surface area contributed by atoms with Crippen molar-refractivity contribution in [2.45, 2.75) is 64.5 Å². The molecule has 0 aromatic rings. The third-order valence-electron chi connectivity index (χ3n) is 1.94. The van der Waals surface area contributed by atoms with E-state index in [2.05, 4.69) is 13.8 Å². The lowest BCUT2D eigenvalue weighted by Gasteiger charge is -1.98. The highest BCUT2D eigenvalue weighted by molar-refractivity contribution is 7.00. The van der Waals surface area contributed by atoms with Gasteiger partial charge >= 0.3 is 0 Å². The van der Waals surface area contributed by atoms with Gasteiger partial charge in [0, 0.05) is 18.1 Å². The molecular formula is C10H22Si2. The van der Waals surface area contributed by atoms with Crippen LogP contribution in [0.25, 0.3) is 0 Å². The molecule has 4 radical (unpaired) electrons. The van der Waals surface area contributed by atoms with Crippen LogP contribution in [0.3, 0.4) is 0 Å². The molecule has 0 fully saturated rings. The largest absolute Gasteiger partial charge is 0.0654 e. The fourth-order valence-electron chi connectivity index (χ4n) is 1.10. The molecule has 0 rings (SSSR count). The first kappa shape index (κ1) is 12.4. The van der Waals surface area contributed by atoms with E-state index in [4.69, 9.17) is 0 Å². The van der Waals surface area contributed by atoms with Gasteiger partial charge in [-0.3, -0.25) is 0 Å². The lowest BCUT2D eigenvalue weighted by molar-refractivity contribution is 0.766. The summed E-state index contributed by atoms with van der Waals surface area (Å²) in [7, 11) is 2.56. The molecule has 0 bridgehead atoms. The number of hydrogen-bond acceptors (Lipinski definition) is 0. The van der Waals surface area contributed by atoms with Crippen LogP contribution in [0.15, 0.2) is 0 Å². The first-order valence-corrected chi connectivity index (χ1v) is 8.79. The van der Waals surface area contributed by atoms with Gasteiger partial charge in [-0.05, 0) is 0 Å². The van der Waals surface area contributed by atoms with Crippen LogP contribution in [0.4, 0.5) is 0 Å². The van der Waals surface area contributed by atoms with Gasteiger partial charge in [0.2, 0.25) is 0 Å². The van der Waals surface area contributed by atoms with Crippen molar-refractivity contribution in [2.75, 3.05) is 0 Å². The molecule has 0 heterocycles. The molecule has 0 N–H and O–H groups in total. The normalized spacial score (nSPS) is 10.5. The van der Waals surface area contributed by atoms with Crippen LogP contribution in [0, 0.1) is 0 Å². The Morgan fingerprint density at radius 3 is 1.42 bits per heavy atom. The van der Waals surface area contributed by atoms with Crippen molar-refractivity contribution in [1.29, 1.82) is 0 Å². The summed E-state index contributed by atoms with van der Waals surface area (Å²) in [5, 5.41) is 0. The highest BCUT2D eigenvalue weighted by atomic mass is 29.1. The molecule has 0 aromatic carbocycles. The van der Waals surface area contributed by atoms with Crippen LogP contribution in [0.1, 0.15) is 52.4 Å². The van der Waals surface area contributed by atoms with E-state index in [1.54, 1.807) is 0 Å². The van der Waals surface area contributed by atoms with Gasteiger partial charge in [0.25, 0.3) is 0 Å². The van der Waals surface area contributed by atoms with Crippen LogP contribution >= 0.6 is 0 Å². The second-order valence-electron chi connectivity index (χ2n) is 3.27. The summed E-state index contributed by atoms with van der Waals surface area (Å²) in [5.41, 5.74) is 0. The van der Waals surface area contributed by atoms with Crippen molar-refractivity contribution >= 4 is 18.1 Å². The molecule has 0 saturated heterocycles. The van der Waals surface area contributed by atoms with E-state index in [0.29, 0.717) is 0 Å². The Bertz CT molecular complexity index is 64.2. The molecule has 0 atom stereocenters. The smallest absolute Gasteiger partial charge is 0.0222 e. The Labute approximate surface area is 83.0 Å². The lowest BCUT2D eigenvalue weighted by atomic mass is 10.3. The van der Waals surface area contributed by atoms with Gasteiger partial charge < -0.3 is 0 Å². The first-order valence-electron chi connectivity index (χ1n) is 5.37. The summed E-state index contributed by atoms with van der Waals surface area (Å²) in [5.74, 6) is 0. The molecule has 70 valence electrons. The maximum atomic E-state index is 2.28. The van der Waals surface area contributed by atoms with E-state index in [-0.39, 0.29) is 0 Å². The number of hydrogen-bond donors (Lipinski definition) is 0. The molecule has 0 aliphatic carbocycles. The average molecular weight is 198 g/mol. The van der Waals surface area contributed by atoms with Gasteiger partial charge in [0.15, 0.2) is 0 Å². The second-order valence-corrected chi connectivity index (χ2v) is 7.10. The minimum atomic E-state index is 1.28. The van der Waals surface area contributed by atoms with Crippen LogP contribution < -0.4 is 0 Å². The highest BCUT2D eigenvalue weighted by Gasteiger charge is 1.92. The van der Waals surface area contributed by atoms with Gasteiger partial charge in [0.05, 0.1) is 0 Å². The zero-order chi connectivity index (χ0) is 9.07. The van der Waals surface area contributed by atoms with Crippen molar-refractivity contribution in [1.82, 2.24) is 0 Å². The predicted molar refractivity (Wildman–Crippen MR) is 60.2 cm³/mol. The average Bonchev–Trinajstić information content (AvgIpc) is 2.10. The number of rotatable bonds is 9. The summed E-state index contributed by atoms with van der Waals surface area (Å²) in [6, 6.07) is 3.02. The van der Waals surface area contributed by atoms with Crippen molar-refractivity contribution in [3.63, 3.8) is 0 Å². The molecule has 12 heavy (non-hydrogen) atoms. The lowest BCUT2D eigenvalue weighted by Crippen LogP contribution is -2.02. The summed E-state index contributed by atoms with van der Waals surface area (Å²) in [6.07, 6.45) is 8.62. The van der Waals surface area contributed by atoms with Crippen LogP contribution in [-0.4, -0.2) is 18.1 Å². The molecular weight excluding hydrogens is 176 g/mol. The monoisotopic (exact) mass is 198 g/mol. The zero-order valence-electron chi connectivity index (χ0n) is 8.66. The third kappa shape index (κ3) is 10.4. The van der Waals surface area contributed by atoms with E-state index in [1.165, 1.54) is 68.7 Å². The van der Waals surface area contributed by atoms with Crippen molar-refractivity contribution < 1.29 is 0 Å². The Balaban J connectivity index is 2.73. The van der Waals surface area contributed by atoms with E-state index < -0.39 is 0 Å². The Hall–Kier alpha value is 0.434. The summed E-state index contributed by atoms with van der Waals surface area (Å²) < 4.78 is 0. The fourth-order valence-corrected chi connectivity index (χ4v) is 4.43. The van der Waals surface area contributed by atoms with Gasteiger partial charge in [0.1, 0.15) is 0 Å².